The first kappa shape index (κ1) is 15.3. The van der Waals surface area contributed by atoms with Crippen LogP contribution in [0.25, 0.3) is 0 Å². The van der Waals surface area contributed by atoms with Crippen LogP contribution in [-0.4, -0.2) is 18.0 Å². The standard InChI is InChI=1S/C17H17FN2O3/c1-23-11-6-5-10(14(18)7-11)8-20-17(22)13-9-19-15-4-2-3-12(15)16(13)21/h5-7,9H,2-4,8H2,1H3,(H,19,21)(H,20,22). The Morgan fingerprint density at radius 2 is 2.22 bits per heavy atom. The normalized spacial score (nSPS) is 12.8. The van der Waals surface area contributed by atoms with Gasteiger partial charge in [-0.1, -0.05) is 6.07 Å². The van der Waals surface area contributed by atoms with Crippen LogP contribution in [0.2, 0.25) is 0 Å². The lowest BCUT2D eigenvalue weighted by atomic mass is 10.1. The van der Waals surface area contributed by atoms with Gasteiger partial charge in [-0.15, -0.1) is 0 Å². The molecule has 0 saturated carbocycles. The summed E-state index contributed by atoms with van der Waals surface area (Å²) in [5.74, 6) is -0.559. The molecule has 0 spiro atoms. The summed E-state index contributed by atoms with van der Waals surface area (Å²) in [6, 6.07) is 4.41. The predicted molar refractivity (Wildman–Crippen MR) is 83.2 cm³/mol. The number of benzene rings is 1. The zero-order valence-corrected chi connectivity index (χ0v) is 12.7. The zero-order valence-electron chi connectivity index (χ0n) is 12.7. The zero-order chi connectivity index (χ0) is 16.4. The lowest BCUT2D eigenvalue weighted by Crippen LogP contribution is -2.30. The Labute approximate surface area is 132 Å². The second kappa shape index (κ2) is 6.24. The molecule has 6 heteroatoms. The predicted octanol–water partition coefficient (Wildman–Crippen LogP) is 1.94. The molecule has 2 N–H and O–H groups in total. The van der Waals surface area contributed by atoms with Crippen LogP contribution < -0.4 is 15.5 Å². The number of ether oxygens (including phenoxy) is 1. The third-order valence-electron chi connectivity index (χ3n) is 4.07. The average Bonchev–Trinajstić information content (AvgIpc) is 3.03. The van der Waals surface area contributed by atoms with Crippen LogP contribution in [0.4, 0.5) is 4.39 Å². The largest absolute Gasteiger partial charge is 0.497 e. The molecule has 120 valence electrons. The molecule has 1 heterocycles. The lowest BCUT2D eigenvalue weighted by Gasteiger charge is -2.08. The Morgan fingerprint density at radius 1 is 1.39 bits per heavy atom. The minimum atomic E-state index is -0.504. The smallest absolute Gasteiger partial charge is 0.257 e. The van der Waals surface area contributed by atoms with Crippen molar-refractivity contribution in [3.8, 4) is 5.75 Å². The number of aromatic nitrogens is 1. The van der Waals surface area contributed by atoms with Gasteiger partial charge < -0.3 is 15.0 Å². The van der Waals surface area contributed by atoms with Crippen LogP contribution >= 0.6 is 0 Å². The first-order valence-corrected chi connectivity index (χ1v) is 7.44. The van der Waals surface area contributed by atoms with Crippen LogP contribution in [0.5, 0.6) is 5.75 Å². The third-order valence-corrected chi connectivity index (χ3v) is 4.07. The third kappa shape index (κ3) is 2.97. The number of rotatable bonds is 4. The van der Waals surface area contributed by atoms with E-state index in [4.69, 9.17) is 4.74 Å². The number of hydrogen-bond acceptors (Lipinski definition) is 3. The first-order chi connectivity index (χ1) is 11.1. The summed E-state index contributed by atoms with van der Waals surface area (Å²) in [5.41, 5.74) is 1.77. The number of H-pyrrole nitrogens is 1. The van der Waals surface area contributed by atoms with Gasteiger partial charge in [0.1, 0.15) is 17.1 Å². The summed E-state index contributed by atoms with van der Waals surface area (Å²) in [7, 11) is 1.45. The molecule has 0 radical (unpaired) electrons. The van der Waals surface area contributed by atoms with Gasteiger partial charge in [-0.2, -0.15) is 0 Å². The molecule has 0 atom stereocenters. The number of halogens is 1. The van der Waals surface area contributed by atoms with Crippen LogP contribution in [0.1, 0.15) is 33.6 Å². The van der Waals surface area contributed by atoms with E-state index in [1.807, 2.05) is 0 Å². The van der Waals surface area contributed by atoms with Gasteiger partial charge in [-0.05, 0) is 25.3 Å². The fourth-order valence-electron chi connectivity index (χ4n) is 2.78. The molecule has 1 aromatic carbocycles. The molecule has 1 amide bonds. The number of hydrogen-bond donors (Lipinski definition) is 2. The number of fused-ring (bicyclic) bond motifs is 1. The monoisotopic (exact) mass is 316 g/mol. The second-order valence-electron chi connectivity index (χ2n) is 5.48. The first-order valence-electron chi connectivity index (χ1n) is 7.44. The van der Waals surface area contributed by atoms with Gasteiger partial charge in [0.05, 0.1) is 7.11 Å². The van der Waals surface area contributed by atoms with Crippen molar-refractivity contribution in [2.24, 2.45) is 0 Å². The molecule has 0 fully saturated rings. The molecule has 0 aliphatic heterocycles. The molecule has 0 bridgehead atoms. The molecule has 23 heavy (non-hydrogen) atoms. The molecular formula is C17H17FN2O3. The minimum Gasteiger partial charge on any atom is -0.497 e. The lowest BCUT2D eigenvalue weighted by molar-refractivity contribution is 0.0949. The van der Waals surface area contributed by atoms with Gasteiger partial charge in [-0.25, -0.2) is 4.39 Å². The van der Waals surface area contributed by atoms with E-state index in [-0.39, 0.29) is 17.5 Å². The molecule has 1 aromatic heterocycles. The topological polar surface area (TPSA) is 71.2 Å². The van der Waals surface area contributed by atoms with E-state index < -0.39 is 11.7 Å². The quantitative estimate of drug-likeness (QED) is 0.905. The van der Waals surface area contributed by atoms with Crippen LogP contribution in [-0.2, 0) is 19.4 Å². The van der Waals surface area contributed by atoms with Crippen LogP contribution in [0.15, 0.2) is 29.2 Å². The number of pyridine rings is 1. The Kier molecular flexibility index (Phi) is 4.14. The SMILES string of the molecule is COc1ccc(CNC(=O)c2c[nH]c3c(c2=O)CCC3)c(F)c1. The maximum absolute atomic E-state index is 13.8. The van der Waals surface area contributed by atoms with Gasteiger partial charge in [0.15, 0.2) is 5.43 Å². The van der Waals surface area contributed by atoms with Gasteiger partial charge in [0.2, 0.25) is 0 Å². The van der Waals surface area contributed by atoms with E-state index in [9.17, 15) is 14.0 Å². The summed E-state index contributed by atoms with van der Waals surface area (Å²) in [6.07, 6.45) is 3.89. The van der Waals surface area contributed by atoms with Crippen LogP contribution in [0, 0.1) is 5.82 Å². The molecule has 0 saturated heterocycles. The van der Waals surface area contributed by atoms with Crippen molar-refractivity contribution in [3.05, 3.63) is 62.8 Å². The number of carbonyl (C=O) groups excluding carboxylic acids is 1. The van der Waals surface area contributed by atoms with Crippen molar-refractivity contribution in [2.75, 3.05) is 7.11 Å². The highest BCUT2D eigenvalue weighted by molar-refractivity contribution is 5.94. The van der Waals surface area contributed by atoms with Crippen molar-refractivity contribution in [1.82, 2.24) is 10.3 Å². The second-order valence-corrected chi connectivity index (χ2v) is 5.48. The summed E-state index contributed by atoms with van der Waals surface area (Å²) in [4.78, 5) is 27.5. The highest BCUT2D eigenvalue weighted by atomic mass is 19.1. The summed E-state index contributed by atoms with van der Waals surface area (Å²) in [6.45, 7) is 0.00514. The van der Waals surface area contributed by atoms with Gasteiger partial charge in [0, 0.05) is 35.6 Å². The van der Waals surface area contributed by atoms with Crippen molar-refractivity contribution >= 4 is 5.91 Å². The molecule has 2 aromatic rings. The van der Waals surface area contributed by atoms with E-state index in [1.54, 1.807) is 12.1 Å². The average molecular weight is 316 g/mol. The van der Waals surface area contributed by atoms with E-state index in [2.05, 4.69) is 10.3 Å². The van der Waals surface area contributed by atoms with Gasteiger partial charge in [0.25, 0.3) is 5.91 Å². The number of carbonyl (C=O) groups is 1. The highest BCUT2D eigenvalue weighted by Gasteiger charge is 2.20. The number of methoxy groups -OCH3 is 1. The molecule has 0 unspecified atom stereocenters. The van der Waals surface area contributed by atoms with E-state index in [0.29, 0.717) is 23.3 Å². The van der Waals surface area contributed by atoms with Crippen molar-refractivity contribution in [1.29, 1.82) is 0 Å². The fourth-order valence-corrected chi connectivity index (χ4v) is 2.78. The molecule has 3 rings (SSSR count). The van der Waals surface area contributed by atoms with Crippen molar-refractivity contribution in [3.63, 3.8) is 0 Å². The van der Waals surface area contributed by atoms with Crippen molar-refractivity contribution < 1.29 is 13.9 Å². The number of aromatic amines is 1. The molecule has 5 nitrogen and oxygen atoms in total. The number of aryl methyl sites for hydroxylation is 1. The summed E-state index contributed by atoms with van der Waals surface area (Å²) < 4.78 is 18.8. The Morgan fingerprint density at radius 3 is 2.96 bits per heavy atom. The number of nitrogens with one attached hydrogen (secondary N) is 2. The molecule has 1 aliphatic rings. The van der Waals surface area contributed by atoms with Crippen molar-refractivity contribution in [2.45, 2.75) is 25.8 Å². The maximum atomic E-state index is 13.8. The molecular weight excluding hydrogens is 299 g/mol. The number of amides is 1. The van der Waals surface area contributed by atoms with E-state index in [1.165, 1.54) is 19.4 Å². The Balaban J connectivity index is 1.74. The fraction of sp³-hybridized carbons (Fsp3) is 0.294. The highest BCUT2D eigenvalue weighted by Crippen LogP contribution is 2.17. The Bertz CT molecular complexity index is 814. The van der Waals surface area contributed by atoms with E-state index in [0.717, 1.165) is 18.5 Å². The van der Waals surface area contributed by atoms with E-state index >= 15 is 0 Å². The molecule has 1 aliphatic carbocycles. The summed E-state index contributed by atoms with van der Waals surface area (Å²) >= 11 is 0. The maximum Gasteiger partial charge on any atom is 0.257 e. The summed E-state index contributed by atoms with van der Waals surface area (Å²) in [5, 5.41) is 2.59. The van der Waals surface area contributed by atoms with Gasteiger partial charge in [-0.3, -0.25) is 9.59 Å². The van der Waals surface area contributed by atoms with Crippen LogP contribution in [0.3, 0.4) is 0 Å². The Hall–Kier alpha value is -2.63. The van der Waals surface area contributed by atoms with Gasteiger partial charge >= 0.3 is 0 Å². The minimum absolute atomic E-state index is 0.00514.